The van der Waals surface area contributed by atoms with Gasteiger partial charge < -0.3 is 19.4 Å². The molecule has 1 fully saturated rings. The van der Waals surface area contributed by atoms with Gasteiger partial charge >= 0.3 is 0 Å². The number of H-pyrrole nitrogens is 1. The lowest BCUT2D eigenvalue weighted by Crippen LogP contribution is -2.47. The van der Waals surface area contributed by atoms with Gasteiger partial charge in [0.15, 0.2) is 0 Å². The molecule has 1 unspecified atom stereocenters. The Labute approximate surface area is 194 Å². The van der Waals surface area contributed by atoms with Crippen molar-refractivity contribution in [1.29, 1.82) is 0 Å². The molecule has 0 aliphatic carbocycles. The largest absolute Gasteiger partial charge is 0.488 e. The smallest absolute Gasteiger partial charge is 0.249 e. The van der Waals surface area contributed by atoms with Crippen LogP contribution in [0.4, 0.5) is 5.69 Å². The summed E-state index contributed by atoms with van der Waals surface area (Å²) in [4.78, 5) is 23.6. The van der Waals surface area contributed by atoms with Gasteiger partial charge in [-0.3, -0.25) is 9.69 Å². The van der Waals surface area contributed by atoms with E-state index >= 15 is 0 Å². The van der Waals surface area contributed by atoms with Gasteiger partial charge in [0.05, 0.1) is 18.4 Å². The average Bonchev–Trinajstić information content (AvgIpc) is 2.83. The van der Waals surface area contributed by atoms with E-state index in [9.17, 15) is 4.79 Å². The van der Waals surface area contributed by atoms with Crippen LogP contribution in [0.2, 0.25) is 0 Å². The predicted molar refractivity (Wildman–Crippen MR) is 131 cm³/mol. The van der Waals surface area contributed by atoms with Crippen molar-refractivity contribution >= 4 is 16.7 Å². The van der Waals surface area contributed by atoms with Gasteiger partial charge in [0.1, 0.15) is 11.4 Å². The van der Waals surface area contributed by atoms with Crippen LogP contribution in [0.3, 0.4) is 0 Å². The number of fused-ring (bicyclic) bond motifs is 2. The Bertz CT molecular complexity index is 1150. The zero-order valence-corrected chi connectivity index (χ0v) is 19.3. The van der Waals surface area contributed by atoms with Gasteiger partial charge in [-0.05, 0) is 62.9 Å². The van der Waals surface area contributed by atoms with E-state index in [2.05, 4.69) is 44.9 Å². The molecule has 2 aliphatic rings. The van der Waals surface area contributed by atoms with E-state index in [-0.39, 0.29) is 5.56 Å². The maximum Gasteiger partial charge on any atom is 0.249 e. The summed E-state index contributed by atoms with van der Waals surface area (Å²) in [5.74, 6) is 1.66. The van der Waals surface area contributed by atoms with E-state index in [1.165, 1.54) is 17.3 Å². The highest BCUT2D eigenvalue weighted by atomic mass is 16.5. The maximum absolute atomic E-state index is 11.5. The number of benzene rings is 1. The van der Waals surface area contributed by atoms with E-state index < -0.39 is 0 Å². The van der Waals surface area contributed by atoms with Gasteiger partial charge in [-0.15, -0.1) is 0 Å². The summed E-state index contributed by atoms with van der Waals surface area (Å²) >= 11 is 0. The normalized spacial score (nSPS) is 18.7. The number of aromatic nitrogens is 2. The zero-order valence-electron chi connectivity index (χ0n) is 19.3. The lowest BCUT2D eigenvalue weighted by Gasteiger charge is -2.38. The molecule has 2 aromatic heterocycles. The fourth-order valence-corrected chi connectivity index (χ4v) is 4.69. The molecule has 2 aliphatic heterocycles. The first-order valence-corrected chi connectivity index (χ1v) is 12.0. The minimum absolute atomic E-state index is 0.151. The molecule has 1 saturated heterocycles. The van der Waals surface area contributed by atoms with Crippen molar-refractivity contribution in [2.24, 2.45) is 0 Å². The van der Waals surface area contributed by atoms with Crippen molar-refractivity contribution in [3.05, 3.63) is 58.4 Å². The molecule has 0 amide bonds. The lowest BCUT2D eigenvalue weighted by atomic mass is 10.0. The van der Waals surface area contributed by atoms with Gasteiger partial charge in [0.25, 0.3) is 0 Å². The molecule has 33 heavy (non-hydrogen) atoms. The number of nitrogens with zero attached hydrogens (tertiary/aromatic N) is 3. The average molecular weight is 449 g/mol. The number of aromatic amines is 1. The highest BCUT2D eigenvalue weighted by Crippen LogP contribution is 2.37. The number of anilines is 1. The van der Waals surface area contributed by atoms with Gasteiger partial charge in [-0.1, -0.05) is 12.1 Å². The molecule has 7 heteroatoms. The number of unbranched alkanes of at least 4 members (excludes halogenated alkanes) is 1. The Morgan fingerprint density at radius 3 is 2.82 bits per heavy atom. The summed E-state index contributed by atoms with van der Waals surface area (Å²) in [6.07, 6.45) is 4.58. The standard InChI is InChI=1S/C26H32N4O3/c1-19-7-8-20-5-4-6-22(25(20)33-19)30-16-14-29(15-17-30)13-2-3-18-32-24-12-10-21-9-11-23(31)27-26(21)28-24/h4-6,9-12,19H,2-3,7-8,13-18H2,1H3,(H,27,28,31). The molecule has 0 saturated carbocycles. The number of para-hydroxylation sites is 1. The SMILES string of the molecule is CC1CCc2cccc(N3CCN(CCCCOc4ccc5ccc(=O)[nH]c5n4)CC3)c2O1. The molecule has 3 aromatic rings. The fraction of sp³-hybridized carbons (Fsp3) is 0.462. The number of aryl methyl sites for hydroxylation is 1. The number of nitrogens with one attached hydrogen (secondary N) is 1. The molecule has 0 radical (unpaired) electrons. The van der Waals surface area contributed by atoms with Crippen LogP contribution in [0, 0.1) is 0 Å². The van der Waals surface area contributed by atoms with Crippen molar-refractivity contribution in [1.82, 2.24) is 14.9 Å². The molecule has 1 N–H and O–H groups in total. The van der Waals surface area contributed by atoms with Crippen molar-refractivity contribution in [3.8, 4) is 11.6 Å². The highest BCUT2D eigenvalue weighted by molar-refractivity contribution is 5.74. The fourth-order valence-electron chi connectivity index (χ4n) is 4.69. The molecule has 1 atom stereocenters. The van der Waals surface area contributed by atoms with Crippen molar-refractivity contribution in [2.75, 3.05) is 44.2 Å². The molecule has 5 rings (SSSR count). The predicted octanol–water partition coefficient (Wildman–Crippen LogP) is 3.62. The Morgan fingerprint density at radius 2 is 1.94 bits per heavy atom. The quantitative estimate of drug-likeness (QED) is 0.557. The summed E-state index contributed by atoms with van der Waals surface area (Å²) in [5.41, 5.74) is 3.02. The summed E-state index contributed by atoms with van der Waals surface area (Å²) in [5, 5.41) is 0.901. The van der Waals surface area contributed by atoms with Crippen LogP contribution in [-0.2, 0) is 6.42 Å². The number of piperazine rings is 1. The van der Waals surface area contributed by atoms with E-state index in [0.717, 1.165) is 69.5 Å². The molecule has 4 heterocycles. The Hall–Kier alpha value is -3.06. The number of ether oxygens (including phenoxy) is 2. The number of rotatable bonds is 7. The lowest BCUT2D eigenvalue weighted by molar-refractivity contribution is 0.191. The summed E-state index contributed by atoms with van der Waals surface area (Å²) in [6, 6.07) is 13.6. The monoisotopic (exact) mass is 448 g/mol. The first-order valence-electron chi connectivity index (χ1n) is 12.0. The van der Waals surface area contributed by atoms with E-state index in [0.29, 0.717) is 24.2 Å². The number of pyridine rings is 2. The third-order valence-corrected chi connectivity index (χ3v) is 6.60. The summed E-state index contributed by atoms with van der Waals surface area (Å²) in [7, 11) is 0. The highest BCUT2D eigenvalue weighted by Gasteiger charge is 2.24. The van der Waals surface area contributed by atoms with E-state index in [1.54, 1.807) is 6.07 Å². The van der Waals surface area contributed by atoms with Crippen LogP contribution < -0.4 is 19.9 Å². The number of hydrogen-bond acceptors (Lipinski definition) is 6. The minimum atomic E-state index is -0.151. The molecule has 174 valence electrons. The van der Waals surface area contributed by atoms with Gasteiger partial charge in [0, 0.05) is 43.7 Å². The van der Waals surface area contributed by atoms with E-state index in [4.69, 9.17) is 9.47 Å². The van der Waals surface area contributed by atoms with Crippen LogP contribution in [0.1, 0.15) is 31.7 Å². The topological polar surface area (TPSA) is 70.7 Å². The van der Waals surface area contributed by atoms with Crippen molar-refractivity contribution in [3.63, 3.8) is 0 Å². The van der Waals surface area contributed by atoms with Gasteiger partial charge in [0.2, 0.25) is 11.4 Å². The molecule has 0 bridgehead atoms. The van der Waals surface area contributed by atoms with Gasteiger partial charge in [-0.25, -0.2) is 0 Å². The Kier molecular flexibility index (Phi) is 6.48. The first-order chi connectivity index (χ1) is 16.2. The third-order valence-electron chi connectivity index (χ3n) is 6.60. The molecule has 7 nitrogen and oxygen atoms in total. The van der Waals surface area contributed by atoms with Crippen molar-refractivity contribution < 1.29 is 9.47 Å². The van der Waals surface area contributed by atoms with E-state index in [1.807, 2.05) is 12.1 Å². The Morgan fingerprint density at radius 1 is 1.09 bits per heavy atom. The molecule has 0 spiro atoms. The molecular formula is C26H32N4O3. The second kappa shape index (κ2) is 9.83. The maximum atomic E-state index is 11.5. The minimum Gasteiger partial charge on any atom is -0.488 e. The molecule has 1 aromatic carbocycles. The zero-order chi connectivity index (χ0) is 22.6. The van der Waals surface area contributed by atoms with Crippen LogP contribution >= 0.6 is 0 Å². The van der Waals surface area contributed by atoms with Crippen LogP contribution in [0.5, 0.6) is 11.6 Å². The van der Waals surface area contributed by atoms with Crippen LogP contribution in [-0.4, -0.2) is 60.3 Å². The first kappa shape index (κ1) is 21.8. The summed E-state index contributed by atoms with van der Waals surface area (Å²) in [6.45, 7) is 8.07. The Balaban J connectivity index is 1.05. The van der Waals surface area contributed by atoms with Crippen molar-refractivity contribution in [2.45, 2.75) is 38.7 Å². The van der Waals surface area contributed by atoms with Crippen LogP contribution in [0.25, 0.3) is 11.0 Å². The second-order valence-corrected chi connectivity index (χ2v) is 9.03. The van der Waals surface area contributed by atoms with Gasteiger partial charge in [-0.2, -0.15) is 4.98 Å². The third kappa shape index (κ3) is 5.14. The van der Waals surface area contributed by atoms with Crippen LogP contribution in [0.15, 0.2) is 47.3 Å². The summed E-state index contributed by atoms with van der Waals surface area (Å²) < 4.78 is 12.0. The second-order valence-electron chi connectivity index (χ2n) is 9.03. The number of hydrogen-bond donors (Lipinski definition) is 1. The molecular weight excluding hydrogens is 416 g/mol.